The quantitative estimate of drug-likeness (QED) is 0.724. The van der Waals surface area contributed by atoms with Crippen LogP contribution in [0.5, 0.6) is 11.5 Å². The highest BCUT2D eigenvalue weighted by atomic mass is 16.5. The molecular weight excluding hydrogens is 350 g/mol. The number of piperidine rings is 1. The zero-order valence-electron chi connectivity index (χ0n) is 17.0. The number of hydrogen-bond donors (Lipinski definition) is 1. The zero-order chi connectivity index (χ0) is 19.5. The first-order valence-electron chi connectivity index (χ1n) is 10.5. The SMILES string of the molecule is CCCOc1ccc(-c2cc(CN3C[C@H]4CC[C@H]3C4)ccc2OC)cc1CO. The van der Waals surface area contributed by atoms with Gasteiger partial charge in [0.15, 0.2) is 0 Å². The molecule has 2 atom stereocenters. The molecule has 2 bridgehead atoms. The Bertz CT molecular complexity index is 819. The van der Waals surface area contributed by atoms with Crippen LogP contribution in [0.25, 0.3) is 11.1 Å². The molecule has 0 amide bonds. The zero-order valence-corrected chi connectivity index (χ0v) is 17.0. The van der Waals surface area contributed by atoms with Crippen molar-refractivity contribution in [3.05, 3.63) is 47.5 Å². The summed E-state index contributed by atoms with van der Waals surface area (Å²) in [5, 5.41) is 9.80. The van der Waals surface area contributed by atoms with Crippen molar-refractivity contribution in [2.24, 2.45) is 5.92 Å². The van der Waals surface area contributed by atoms with Crippen LogP contribution in [0, 0.1) is 5.92 Å². The minimum Gasteiger partial charge on any atom is -0.496 e. The molecule has 2 aromatic rings. The van der Waals surface area contributed by atoms with Crippen molar-refractivity contribution in [2.45, 2.75) is 51.8 Å². The van der Waals surface area contributed by atoms with Crippen LogP contribution in [0.2, 0.25) is 0 Å². The van der Waals surface area contributed by atoms with Crippen LogP contribution in [0.1, 0.15) is 43.7 Å². The fourth-order valence-corrected chi connectivity index (χ4v) is 4.76. The van der Waals surface area contributed by atoms with Crippen LogP contribution in [-0.2, 0) is 13.2 Å². The fourth-order valence-electron chi connectivity index (χ4n) is 4.76. The van der Waals surface area contributed by atoms with Crippen molar-refractivity contribution in [2.75, 3.05) is 20.3 Å². The van der Waals surface area contributed by atoms with Gasteiger partial charge in [0.05, 0.1) is 20.3 Å². The predicted molar refractivity (Wildman–Crippen MR) is 112 cm³/mol. The molecule has 4 nitrogen and oxygen atoms in total. The Morgan fingerprint density at radius 1 is 1.11 bits per heavy atom. The van der Waals surface area contributed by atoms with Gasteiger partial charge in [0.1, 0.15) is 11.5 Å². The topological polar surface area (TPSA) is 41.9 Å². The molecule has 150 valence electrons. The van der Waals surface area contributed by atoms with Crippen LogP contribution < -0.4 is 9.47 Å². The van der Waals surface area contributed by atoms with Crippen molar-refractivity contribution < 1.29 is 14.6 Å². The second-order valence-electron chi connectivity index (χ2n) is 8.13. The van der Waals surface area contributed by atoms with Crippen LogP contribution in [0.15, 0.2) is 36.4 Å². The highest BCUT2D eigenvalue weighted by Crippen LogP contribution is 2.39. The molecule has 2 aliphatic rings. The lowest BCUT2D eigenvalue weighted by Gasteiger charge is -2.27. The van der Waals surface area contributed by atoms with Gasteiger partial charge in [-0.15, -0.1) is 0 Å². The summed E-state index contributed by atoms with van der Waals surface area (Å²) in [5.41, 5.74) is 4.26. The molecule has 1 saturated carbocycles. The summed E-state index contributed by atoms with van der Waals surface area (Å²) in [6, 6.07) is 13.3. The van der Waals surface area contributed by atoms with Crippen molar-refractivity contribution >= 4 is 0 Å². The monoisotopic (exact) mass is 381 g/mol. The van der Waals surface area contributed by atoms with E-state index in [4.69, 9.17) is 9.47 Å². The van der Waals surface area contributed by atoms with Gasteiger partial charge in [0.25, 0.3) is 0 Å². The average molecular weight is 382 g/mol. The van der Waals surface area contributed by atoms with Crippen molar-refractivity contribution in [1.82, 2.24) is 4.90 Å². The predicted octanol–water partition coefficient (Wildman–Crippen LogP) is 4.63. The lowest BCUT2D eigenvalue weighted by atomic mass is 9.99. The molecular formula is C24H31NO3. The number of ether oxygens (including phenoxy) is 2. The van der Waals surface area contributed by atoms with Crippen molar-refractivity contribution in [3.63, 3.8) is 0 Å². The molecule has 1 N–H and O–H groups in total. The van der Waals surface area contributed by atoms with Gasteiger partial charge in [-0.05, 0) is 67.0 Å². The van der Waals surface area contributed by atoms with Crippen LogP contribution in [-0.4, -0.2) is 36.3 Å². The maximum atomic E-state index is 9.80. The van der Waals surface area contributed by atoms with E-state index >= 15 is 0 Å². The summed E-state index contributed by atoms with van der Waals surface area (Å²) in [5.74, 6) is 2.53. The third-order valence-corrected chi connectivity index (χ3v) is 6.18. The van der Waals surface area contributed by atoms with Gasteiger partial charge >= 0.3 is 0 Å². The number of methoxy groups -OCH3 is 1. The molecule has 2 aromatic carbocycles. The standard InChI is InChI=1S/C24H31NO3/c1-3-10-28-23-9-6-19(13-20(23)16-26)22-12-18(5-8-24(22)27-2)15-25-14-17-4-7-21(25)11-17/h5-6,8-9,12-13,17,21,26H,3-4,7,10-11,14-16H2,1-2H3/t17-,21-/m0/s1. The number of hydrogen-bond acceptors (Lipinski definition) is 4. The van der Waals surface area contributed by atoms with E-state index < -0.39 is 0 Å². The average Bonchev–Trinajstić information content (AvgIpc) is 3.35. The normalized spacial score (nSPS) is 21.2. The second kappa shape index (κ2) is 8.54. The fraction of sp³-hybridized carbons (Fsp3) is 0.500. The third-order valence-electron chi connectivity index (χ3n) is 6.18. The third kappa shape index (κ3) is 3.89. The van der Waals surface area contributed by atoms with Gasteiger partial charge in [-0.25, -0.2) is 0 Å². The van der Waals surface area contributed by atoms with Crippen LogP contribution in [0.4, 0.5) is 0 Å². The molecule has 1 aliphatic heterocycles. The van der Waals surface area contributed by atoms with Crippen molar-refractivity contribution in [3.8, 4) is 22.6 Å². The molecule has 2 fully saturated rings. The molecule has 1 heterocycles. The Balaban J connectivity index is 1.60. The highest BCUT2D eigenvalue weighted by Gasteiger charge is 2.37. The first-order valence-corrected chi connectivity index (χ1v) is 10.5. The summed E-state index contributed by atoms with van der Waals surface area (Å²) in [6.07, 6.45) is 5.08. The number of rotatable bonds is 8. The Labute approximate surface area is 168 Å². The maximum absolute atomic E-state index is 9.80. The molecule has 1 saturated heterocycles. The highest BCUT2D eigenvalue weighted by molar-refractivity contribution is 5.72. The lowest BCUT2D eigenvalue weighted by Crippen LogP contribution is -2.31. The first-order chi connectivity index (χ1) is 13.7. The van der Waals surface area contributed by atoms with Gasteiger partial charge in [-0.3, -0.25) is 4.90 Å². The smallest absolute Gasteiger partial charge is 0.126 e. The van der Waals surface area contributed by atoms with Gasteiger partial charge in [-0.2, -0.15) is 0 Å². The Morgan fingerprint density at radius 2 is 1.96 bits per heavy atom. The lowest BCUT2D eigenvalue weighted by molar-refractivity contribution is 0.205. The van der Waals surface area contributed by atoms with E-state index in [1.165, 1.54) is 31.4 Å². The van der Waals surface area contributed by atoms with Gasteiger partial charge < -0.3 is 14.6 Å². The molecule has 0 aromatic heterocycles. The molecule has 28 heavy (non-hydrogen) atoms. The molecule has 4 heteroatoms. The number of aliphatic hydroxyl groups is 1. The minimum atomic E-state index is -0.0360. The van der Waals surface area contributed by atoms with E-state index in [-0.39, 0.29) is 6.61 Å². The van der Waals surface area contributed by atoms with Gasteiger partial charge in [0, 0.05) is 30.3 Å². The van der Waals surface area contributed by atoms with E-state index in [1.54, 1.807) is 7.11 Å². The van der Waals surface area contributed by atoms with Gasteiger partial charge in [0.2, 0.25) is 0 Å². The number of likely N-dealkylation sites (tertiary alicyclic amines) is 1. The molecule has 1 aliphatic carbocycles. The van der Waals surface area contributed by atoms with E-state index in [0.29, 0.717) is 6.61 Å². The summed E-state index contributed by atoms with van der Waals surface area (Å²) < 4.78 is 11.4. The van der Waals surface area contributed by atoms with Crippen LogP contribution in [0.3, 0.4) is 0 Å². The Kier molecular flexibility index (Phi) is 5.88. The summed E-state index contributed by atoms with van der Waals surface area (Å²) in [6.45, 7) is 4.94. The van der Waals surface area contributed by atoms with E-state index in [0.717, 1.165) is 53.1 Å². The molecule has 4 rings (SSSR count). The van der Waals surface area contributed by atoms with Crippen LogP contribution >= 0.6 is 0 Å². The number of benzene rings is 2. The maximum Gasteiger partial charge on any atom is 0.126 e. The number of nitrogens with zero attached hydrogens (tertiary/aromatic N) is 1. The van der Waals surface area contributed by atoms with Gasteiger partial charge in [-0.1, -0.05) is 19.1 Å². The molecule has 0 radical (unpaired) electrons. The Morgan fingerprint density at radius 3 is 2.64 bits per heavy atom. The summed E-state index contributed by atoms with van der Waals surface area (Å²) in [4.78, 5) is 2.64. The van der Waals surface area contributed by atoms with E-state index in [9.17, 15) is 5.11 Å². The Hall–Kier alpha value is -2.04. The largest absolute Gasteiger partial charge is 0.496 e. The summed E-state index contributed by atoms with van der Waals surface area (Å²) >= 11 is 0. The molecule has 0 unspecified atom stereocenters. The van der Waals surface area contributed by atoms with E-state index in [1.807, 2.05) is 12.1 Å². The summed E-state index contributed by atoms with van der Waals surface area (Å²) in [7, 11) is 1.71. The first kappa shape index (κ1) is 19.3. The number of aliphatic hydroxyl groups excluding tert-OH is 1. The number of fused-ring (bicyclic) bond motifs is 2. The minimum absolute atomic E-state index is 0.0360. The molecule has 0 spiro atoms. The van der Waals surface area contributed by atoms with E-state index in [2.05, 4.69) is 36.1 Å². The van der Waals surface area contributed by atoms with Crippen molar-refractivity contribution in [1.29, 1.82) is 0 Å². The second-order valence-corrected chi connectivity index (χ2v) is 8.13.